The lowest BCUT2D eigenvalue weighted by Gasteiger charge is -2.07. The van der Waals surface area contributed by atoms with Crippen LogP contribution in [0, 0.1) is 13.8 Å². The van der Waals surface area contributed by atoms with Crippen LogP contribution in [0.15, 0.2) is 18.2 Å². The van der Waals surface area contributed by atoms with Gasteiger partial charge in [-0.15, -0.1) is 12.4 Å². The molecular weight excluding hydrogens is 359 g/mol. The molecule has 0 aliphatic rings. The zero-order valence-corrected chi connectivity index (χ0v) is 15.2. The number of carbonyl (C=O) groups excluding carboxylic acids is 1. The number of halogens is 3. The molecule has 0 fully saturated rings. The number of nitrogens with two attached hydrogens (primary N) is 1. The summed E-state index contributed by atoms with van der Waals surface area (Å²) < 4.78 is 1.77. The van der Waals surface area contributed by atoms with Crippen molar-refractivity contribution in [2.45, 2.75) is 20.3 Å². The van der Waals surface area contributed by atoms with Crippen LogP contribution in [-0.4, -0.2) is 28.8 Å². The van der Waals surface area contributed by atoms with Gasteiger partial charge in [0.2, 0.25) is 5.91 Å². The number of nitrogens with zero attached hydrogens (tertiary/aromatic N) is 2. The van der Waals surface area contributed by atoms with Crippen LogP contribution in [0.2, 0.25) is 10.0 Å². The lowest BCUT2D eigenvalue weighted by atomic mass is 10.1. The molecule has 0 bridgehead atoms. The van der Waals surface area contributed by atoms with E-state index in [1.165, 1.54) is 0 Å². The highest BCUT2D eigenvalue weighted by Gasteiger charge is 2.16. The van der Waals surface area contributed by atoms with Crippen molar-refractivity contribution >= 4 is 41.5 Å². The lowest BCUT2D eigenvalue weighted by Crippen LogP contribution is -2.30. The maximum atomic E-state index is 11.9. The van der Waals surface area contributed by atoms with Gasteiger partial charge in [-0.2, -0.15) is 5.10 Å². The highest BCUT2D eigenvalue weighted by molar-refractivity contribution is 6.42. The van der Waals surface area contributed by atoms with E-state index in [-0.39, 0.29) is 24.7 Å². The molecule has 0 aliphatic heterocycles. The van der Waals surface area contributed by atoms with Crippen molar-refractivity contribution in [2.24, 2.45) is 5.73 Å². The molecule has 0 spiro atoms. The van der Waals surface area contributed by atoms with Crippen molar-refractivity contribution < 1.29 is 4.79 Å². The van der Waals surface area contributed by atoms with Crippen LogP contribution in [-0.2, 0) is 11.2 Å². The van der Waals surface area contributed by atoms with Gasteiger partial charge in [-0.05, 0) is 32.0 Å². The number of carbonyl (C=O) groups is 1. The molecule has 1 amide bonds. The molecule has 1 aromatic heterocycles. The van der Waals surface area contributed by atoms with Crippen LogP contribution in [0.25, 0.3) is 5.69 Å². The molecule has 0 unspecified atom stereocenters. The number of aromatic nitrogens is 2. The molecule has 3 N–H and O–H groups in total. The van der Waals surface area contributed by atoms with Crippen LogP contribution in [0.5, 0.6) is 0 Å². The summed E-state index contributed by atoms with van der Waals surface area (Å²) >= 11 is 12.0. The van der Waals surface area contributed by atoms with Crippen LogP contribution >= 0.6 is 35.6 Å². The number of hydrogen-bond donors (Lipinski definition) is 2. The normalized spacial score (nSPS) is 10.3. The van der Waals surface area contributed by atoms with Crippen LogP contribution in [0.4, 0.5) is 0 Å². The molecule has 1 aromatic carbocycles. The monoisotopic (exact) mass is 376 g/mol. The zero-order chi connectivity index (χ0) is 16.3. The first kappa shape index (κ1) is 19.8. The van der Waals surface area contributed by atoms with Gasteiger partial charge in [0.05, 0.1) is 27.8 Å². The molecule has 2 rings (SSSR count). The Morgan fingerprint density at radius 1 is 1.30 bits per heavy atom. The molecule has 0 saturated heterocycles. The van der Waals surface area contributed by atoms with E-state index in [1.54, 1.807) is 16.8 Å². The molecule has 126 valence electrons. The fraction of sp³-hybridized carbons (Fsp3) is 0.333. The minimum absolute atomic E-state index is 0. The van der Waals surface area contributed by atoms with E-state index in [1.807, 2.05) is 19.9 Å². The number of benzene rings is 1. The average molecular weight is 378 g/mol. The minimum atomic E-state index is -0.0645. The molecule has 1 heterocycles. The second-order valence-corrected chi connectivity index (χ2v) is 5.79. The number of amides is 1. The summed E-state index contributed by atoms with van der Waals surface area (Å²) in [6, 6.07) is 5.32. The number of rotatable bonds is 5. The third-order valence-electron chi connectivity index (χ3n) is 3.39. The standard InChI is InChI=1S/C15H18Cl2N4O.ClH/c1-9-12(8-15(22)19-6-5-18)10(2)21(20-9)11-3-4-13(16)14(17)7-11;/h3-4,7H,5-6,8,18H2,1-2H3,(H,19,22);1H. The van der Waals surface area contributed by atoms with Crippen molar-refractivity contribution in [2.75, 3.05) is 13.1 Å². The summed E-state index contributed by atoms with van der Waals surface area (Å²) in [4.78, 5) is 11.9. The molecule has 0 radical (unpaired) electrons. The third kappa shape index (κ3) is 4.61. The number of nitrogens with one attached hydrogen (secondary N) is 1. The fourth-order valence-corrected chi connectivity index (χ4v) is 2.53. The summed E-state index contributed by atoms with van der Waals surface area (Å²) in [5, 5.41) is 8.22. The van der Waals surface area contributed by atoms with E-state index in [0.29, 0.717) is 23.1 Å². The van der Waals surface area contributed by atoms with E-state index in [0.717, 1.165) is 22.6 Å². The summed E-state index contributed by atoms with van der Waals surface area (Å²) in [5.74, 6) is -0.0645. The van der Waals surface area contributed by atoms with E-state index < -0.39 is 0 Å². The van der Waals surface area contributed by atoms with Crippen molar-refractivity contribution in [1.82, 2.24) is 15.1 Å². The predicted molar refractivity (Wildman–Crippen MR) is 96.1 cm³/mol. The first-order valence-corrected chi connectivity index (χ1v) is 7.67. The van der Waals surface area contributed by atoms with Gasteiger partial charge in [0.15, 0.2) is 0 Å². The Morgan fingerprint density at radius 3 is 2.61 bits per heavy atom. The van der Waals surface area contributed by atoms with E-state index in [9.17, 15) is 4.79 Å². The van der Waals surface area contributed by atoms with Crippen LogP contribution in [0.3, 0.4) is 0 Å². The Hall–Kier alpha value is -1.27. The molecule has 0 saturated carbocycles. The molecule has 0 atom stereocenters. The third-order valence-corrected chi connectivity index (χ3v) is 4.13. The van der Waals surface area contributed by atoms with Gasteiger partial charge in [-0.3, -0.25) is 4.79 Å². The van der Waals surface area contributed by atoms with Crippen molar-refractivity contribution in [3.8, 4) is 5.69 Å². The lowest BCUT2D eigenvalue weighted by molar-refractivity contribution is -0.120. The summed E-state index contributed by atoms with van der Waals surface area (Å²) in [6.07, 6.45) is 0.277. The largest absolute Gasteiger partial charge is 0.355 e. The van der Waals surface area contributed by atoms with Gasteiger partial charge < -0.3 is 11.1 Å². The number of aryl methyl sites for hydroxylation is 1. The average Bonchev–Trinajstić information content (AvgIpc) is 2.76. The summed E-state index contributed by atoms with van der Waals surface area (Å²) in [5.41, 5.74) is 8.81. The second-order valence-electron chi connectivity index (χ2n) is 4.97. The van der Waals surface area contributed by atoms with Crippen LogP contribution in [0.1, 0.15) is 17.0 Å². The molecular formula is C15H19Cl3N4O. The maximum Gasteiger partial charge on any atom is 0.224 e. The maximum absolute atomic E-state index is 11.9. The van der Waals surface area contributed by atoms with Gasteiger partial charge in [0, 0.05) is 24.3 Å². The highest BCUT2D eigenvalue weighted by Crippen LogP contribution is 2.26. The van der Waals surface area contributed by atoms with Gasteiger partial charge in [-0.1, -0.05) is 23.2 Å². The van der Waals surface area contributed by atoms with Crippen LogP contribution < -0.4 is 11.1 Å². The number of hydrogen-bond acceptors (Lipinski definition) is 3. The van der Waals surface area contributed by atoms with Crippen molar-refractivity contribution in [3.63, 3.8) is 0 Å². The highest BCUT2D eigenvalue weighted by atomic mass is 35.5. The Balaban J connectivity index is 0.00000264. The van der Waals surface area contributed by atoms with Gasteiger partial charge in [0.1, 0.15) is 0 Å². The summed E-state index contributed by atoms with van der Waals surface area (Å²) in [7, 11) is 0. The Bertz CT molecular complexity index is 700. The van der Waals surface area contributed by atoms with E-state index in [2.05, 4.69) is 10.4 Å². The topological polar surface area (TPSA) is 72.9 Å². The fourth-order valence-electron chi connectivity index (χ4n) is 2.23. The SMILES string of the molecule is Cc1nn(-c2ccc(Cl)c(Cl)c2)c(C)c1CC(=O)NCCN.Cl. The molecule has 0 aliphatic carbocycles. The van der Waals surface area contributed by atoms with Crippen molar-refractivity contribution in [1.29, 1.82) is 0 Å². The quantitative estimate of drug-likeness (QED) is 0.841. The van der Waals surface area contributed by atoms with Crippen molar-refractivity contribution in [3.05, 3.63) is 45.2 Å². The molecule has 2 aromatic rings. The molecule has 8 heteroatoms. The first-order valence-electron chi connectivity index (χ1n) is 6.91. The Kier molecular flexibility index (Phi) is 7.35. The molecule has 23 heavy (non-hydrogen) atoms. The summed E-state index contributed by atoms with van der Waals surface area (Å²) in [6.45, 7) is 4.70. The molecule has 5 nitrogen and oxygen atoms in total. The predicted octanol–water partition coefficient (Wildman–Crippen LogP) is 2.84. The van der Waals surface area contributed by atoms with Gasteiger partial charge in [-0.25, -0.2) is 4.68 Å². The minimum Gasteiger partial charge on any atom is -0.355 e. The van der Waals surface area contributed by atoms with Gasteiger partial charge >= 0.3 is 0 Å². The van der Waals surface area contributed by atoms with E-state index in [4.69, 9.17) is 28.9 Å². The van der Waals surface area contributed by atoms with E-state index >= 15 is 0 Å². The first-order chi connectivity index (χ1) is 10.4. The van der Waals surface area contributed by atoms with Gasteiger partial charge in [0.25, 0.3) is 0 Å². The Labute approximate surface area is 151 Å². The smallest absolute Gasteiger partial charge is 0.224 e. The zero-order valence-electron chi connectivity index (χ0n) is 12.9. The second kappa shape index (κ2) is 8.55. The Morgan fingerprint density at radius 2 is 2.00 bits per heavy atom.